The van der Waals surface area contributed by atoms with Crippen LogP contribution in [0.1, 0.15) is 16.7 Å². The minimum absolute atomic E-state index is 0.201. The first-order chi connectivity index (χ1) is 13.1. The zero-order chi connectivity index (χ0) is 18.8. The monoisotopic (exact) mass is 378 g/mol. The third-order valence-electron chi connectivity index (χ3n) is 4.75. The van der Waals surface area contributed by atoms with Crippen molar-refractivity contribution in [3.8, 4) is 0 Å². The number of fused-ring (bicyclic) bond motifs is 1. The second-order valence-corrected chi connectivity index (χ2v) is 7.51. The Balaban J connectivity index is 1.45. The van der Waals surface area contributed by atoms with E-state index in [2.05, 4.69) is 6.07 Å². The largest absolute Gasteiger partial charge is 0.336 e. The summed E-state index contributed by atoms with van der Waals surface area (Å²) in [5, 5.41) is -0.395. The molecule has 0 bridgehead atoms. The average Bonchev–Trinajstić information content (AvgIpc) is 2.95. The van der Waals surface area contributed by atoms with Gasteiger partial charge in [-0.15, -0.1) is 0 Å². The van der Waals surface area contributed by atoms with Crippen LogP contribution in [0, 0.1) is 0 Å². The molecule has 27 heavy (non-hydrogen) atoms. The van der Waals surface area contributed by atoms with Gasteiger partial charge in [0.15, 0.2) is 0 Å². The highest BCUT2D eigenvalue weighted by Crippen LogP contribution is 2.32. The molecule has 3 amide bonds. The summed E-state index contributed by atoms with van der Waals surface area (Å²) in [7, 11) is 0. The Kier molecular flexibility index (Phi) is 4.81. The minimum Gasteiger partial charge on any atom is -0.336 e. The molecule has 4 rings (SSSR count). The van der Waals surface area contributed by atoms with Gasteiger partial charge >= 0.3 is 0 Å². The quantitative estimate of drug-likeness (QED) is 0.769. The number of amides is 3. The molecule has 2 aromatic carbocycles. The van der Waals surface area contributed by atoms with E-state index >= 15 is 0 Å². The highest BCUT2D eigenvalue weighted by atomic mass is 32.2. The summed E-state index contributed by atoms with van der Waals surface area (Å²) < 4.78 is 0. The van der Waals surface area contributed by atoms with Crippen LogP contribution in [0.4, 0.5) is 4.79 Å². The van der Waals surface area contributed by atoms with Crippen molar-refractivity contribution >= 4 is 34.9 Å². The molecule has 0 radical (unpaired) electrons. The Morgan fingerprint density at radius 2 is 1.70 bits per heavy atom. The molecule has 0 spiro atoms. The second-order valence-electron chi connectivity index (χ2n) is 6.51. The fourth-order valence-corrected chi connectivity index (χ4v) is 4.12. The van der Waals surface area contributed by atoms with Gasteiger partial charge in [0.2, 0.25) is 5.91 Å². The molecule has 2 aliphatic heterocycles. The van der Waals surface area contributed by atoms with Gasteiger partial charge in [-0.1, -0.05) is 54.6 Å². The summed E-state index contributed by atoms with van der Waals surface area (Å²) >= 11 is 0.882. The number of carbonyl (C=O) groups excluding carboxylic acids is 3. The van der Waals surface area contributed by atoms with Gasteiger partial charge in [-0.2, -0.15) is 0 Å². The molecule has 2 aliphatic rings. The first-order valence-corrected chi connectivity index (χ1v) is 9.58. The van der Waals surface area contributed by atoms with E-state index in [1.54, 1.807) is 11.0 Å². The van der Waals surface area contributed by atoms with Gasteiger partial charge in [-0.25, -0.2) is 0 Å². The first kappa shape index (κ1) is 17.5. The predicted octanol–water partition coefficient (Wildman–Crippen LogP) is 3.31. The molecule has 0 atom stereocenters. The molecule has 0 unspecified atom stereocenters. The van der Waals surface area contributed by atoms with Gasteiger partial charge in [0.05, 0.1) is 4.91 Å². The molecular formula is C21H18N2O3S. The lowest BCUT2D eigenvalue weighted by Crippen LogP contribution is -2.44. The SMILES string of the molecule is O=C(CN1C(=O)S/C(=C/c2ccccc2)C1=O)N1CCc2ccccc2C1. The van der Waals surface area contributed by atoms with Gasteiger partial charge in [0, 0.05) is 13.1 Å². The van der Waals surface area contributed by atoms with Gasteiger partial charge in [0.25, 0.3) is 11.1 Å². The third kappa shape index (κ3) is 3.66. The summed E-state index contributed by atoms with van der Waals surface area (Å²) in [4.78, 5) is 40.6. The van der Waals surface area contributed by atoms with E-state index in [4.69, 9.17) is 0 Å². The predicted molar refractivity (Wildman–Crippen MR) is 105 cm³/mol. The van der Waals surface area contributed by atoms with Crippen LogP contribution < -0.4 is 0 Å². The Morgan fingerprint density at radius 3 is 2.48 bits per heavy atom. The standard InChI is InChI=1S/C21H18N2O3S/c24-19(22-11-10-16-8-4-5-9-17(16)13-22)14-23-20(25)18(27-21(23)26)12-15-6-2-1-3-7-15/h1-9,12H,10-11,13-14H2/b18-12+. The van der Waals surface area contributed by atoms with E-state index in [-0.39, 0.29) is 12.5 Å². The number of thioether (sulfide) groups is 1. The summed E-state index contributed by atoms with van der Waals surface area (Å²) in [5.74, 6) is -0.604. The zero-order valence-corrected chi connectivity index (χ0v) is 15.4. The Bertz CT molecular complexity index is 939. The molecular weight excluding hydrogens is 360 g/mol. The summed E-state index contributed by atoms with van der Waals surface area (Å²) in [5.41, 5.74) is 3.22. The molecule has 136 valence electrons. The van der Waals surface area contributed by atoms with E-state index in [0.29, 0.717) is 18.0 Å². The van der Waals surface area contributed by atoms with Crippen LogP contribution in [-0.4, -0.2) is 39.9 Å². The van der Waals surface area contributed by atoms with Crippen LogP contribution >= 0.6 is 11.8 Å². The van der Waals surface area contributed by atoms with Crippen molar-refractivity contribution in [1.29, 1.82) is 0 Å². The molecule has 2 aromatic rings. The van der Waals surface area contributed by atoms with E-state index in [9.17, 15) is 14.4 Å². The highest BCUT2D eigenvalue weighted by Gasteiger charge is 2.37. The Labute approximate surface area is 161 Å². The first-order valence-electron chi connectivity index (χ1n) is 8.77. The van der Waals surface area contributed by atoms with Crippen molar-refractivity contribution in [1.82, 2.24) is 9.80 Å². The number of hydrogen-bond acceptors (Lipinski definition) is 4. The van der Waals surface area contributed by atoms with E-state index < -0.39 is 11.1 Å². The summed E-state index contributed by atoms with van der Waals surface area (Å²) in [6.07, 6.45) is 2.48. The lowest BCUT2D eigenvalue weighted by atomic mass is 10.00. The van der Waals surface area contributed by atoms with E-state index in [0.717, 1.165) is 34.2 Å². The maximum atomic E-state index is 12.7. The van der Waals surface area contributed by atoms with E-state index in [1.807, 2.05) is 48.5 Å². The van der Waals surface area contributed by atoms with Crippen molar-refractivity contribution in [2.24, 2.45) is 0 Å². The molecule has 2 heterocycles. The number of nitrogens with zero attached hydrogens (tertiary/aromatic N) is 2. The maximum Gasteiger partial charge on any atom is 0.294 e. The van der Waals surface area contributed by atoms with Crippen LogP contribution in [0.2, 0.25) is 0 Å². The molecule has 0 aliphatic carbocycles. The third-order valence-corrected chi connectivity index (χ3v) is 5.66. The van der Waals surface area contributed by atoms with Crippen LogP contribution in [0.3, 0.4) is 0 Å². The topological polar surface area (TPSA) is 57.7 Å². The molecule has 1 fully saturated rings. The van der Waals surface area contributed by atoms with Gasteiger partial charge in [-0.3, -0.25) is 19.3 Å². The normalized spacial score (nSPS) is 18.1. The van der Waals surface area contributed by atoms with Gasteiger partial charge in [0.1, 0.15) is 6.54 Å². The Hall–Kier alpha value is -2.86. The molecule has 1 saturated heterocycles. The number of benzene rings is 2. The van der Waals surface area contributed by atoms with Crippen molar-refractivity contribution < 1.29 is 14.4 Å². The van der Waals surface area contributed by atoms with Crippen LogP contribution in [0.15, 0.2) is 59.5 Å². The fraction of sp³-hybridized carbons (Fsp3) is 0.190. The van der Waals surface area contributed by atoms with Crippen molar-refractivity contribution in [3.63, 3.8) is 0 Å². The highest BCUT2D eigenvalue weighted by molar-refractivity contribution is 8.18. The molecule has 0 N–H and O–H groups in total. The van der Waals surface area contributed by atoms with Crippen molar-refractivity contribution in [2.75, 3.05) is 13.1 Å². The number of imide groups is 1. The summed E-state index contributed by atoms with van der Waals surface area (Å²) in [6.45, 7) is 0.913. The molecule has 0 aromatic heterocycles. The van der Waals surface area contributed by atoms with Crippen molar-refractivity contribution in [3.05, 3.63) is 76.2 Å². The summed E-state index contributed by atoms with van der Waals surface area (Å²) in [6, 6.07) is 17.4. The van der Waals surface area contributed by atoms with Gasteiger partial charge in [-0.05, 0) is 40.9 Å². The lowest BCUT2D eigenvalue weighted by molar-refractivity contribution is -0.136. The second kappa shape index (κ2) is 7.40. The number of carbonyl (C=O) groups is 3. The average molecular weight is 378 g/mol. The fourth-order valence-electron chi connectivity index (χ4n) is 3.28. The van der Waals surface area contributed by atoms with Crippen LogP contribution in [0.5, 0.6) is 0 Å². The molecule has 0 saturated carbocycles. The lowest BCUT2D eigenvalue weighted by Gasteiger charge is -2.29. The smallest absolute Gasteiger partial charge is 0.294 e. The van der Waals surface area contributed by atoms with Crippen LogP contribution in [-0.2, 0) is 22.6 Å². The van der Waals surface area contributed by atoms with Crippen molar-refractivity contribution in [2.45, 2.75) is 13.0 Å². The molecule has 6 heteroatoms. The van der Waals surface area contributed by atoms with Gasteiger partial charge < -0.3 is 4.90 Å². The zero-order valence-electron chi connectivity index (χ0n) is 14.6. The Morgan fingerprint density at radius 1 is 1.00 bits per heavy atom. The number of rotatable bonds is 3. The minimum atomic E-state index is -0.403. The maximum absolute atomic E-state index is 12.7. The van der Waals surface area contributed by atoms with E-state index in [1.165, 1.54) is 5.56 Å². The molecule has 5 nitrogen and oxygen atoms in total. The number of hydrogen-bond donors (Lipinski definition) is 0. The van der Waals surface area contributed by atoms with Crippen LogP contribution in [0.25, 0.3) is 6.08 Å².